The van der Waals surface area contributed by atoms with Gasteiger partial charge in [0, 0.05) is 5.56 Å². The summed E-state index contributed by atoms with van der Waals surface area (Å²) >= 11 is 0. The lowest BCUT2D eigenvalue weighted by Crippen LogP contribution is -2.28. The van der Waals surface area contributed by atoms with E-state index < -0.39 is 12.0 Å². The highest BCUT2D eigenvalue weighted by molar-refractivity contribution is 6.13. The largest absolute Gasteiger partial charge is 0.496 e. The van der Waals surface area contributed by atoms with Crippen molar-refractivity contribution in [3.05, 3.63) is 35.9 Å². The number of benzene rings is 1. The van der Waals surface area contributed by atoms with E-state index in [1.807, 2.05) is 6.07 Å². The van der Waals surface area contributed by atoms with Gasteiger partial charge in [-0.1, -0.05) is 6.08 Å². The highest BCUT2D eigenvalue weighted by atomic mass is 16.5. The van der Waals surface area contributed by atoms with E-state index >= 15 is 0 Å². The zero-order valence-electron chi connectivity index (χ0n) is 10.7. The maximum Gasteiger partial charge on any atom is 0.122 e. The summed E-state index contributed by atoms with van der Waals surface area (Å²) in [5.74, 6) is 0.512. The van der Waals surface area contributed by atoms with Crippen LogP contribution in [0.25, 0.3) is 0 Å². The number of aliphatic hydroxyl groups is 1. The zero-order valence-corrected chi connectivity index (χ0v) is 10.7. The number of hydrogen-bond acceptors (Lipinski definition) is 4. The lowest BCUT2D eigenvalue weighted by Gasteiger charge is -2.21. The molecule has 0 aliphatic rings. The maximum absolute atomic E-state index is 9.37. The Labute approximate surface area is 109 Å². The molecule has 0 aliphatic carbocycles. The standard InChI is InChI=1S/C13H18BNO3/c1-4-5-8-6-11(18-3)9(7-10(8)17-2)12(14)13(15)16/h4,6-7,12-13,16H,1,5,15H2,2-3H3. The van der Waals surface area contributed by atoms with E-state index in [2.05, 4.69) is 6.58 Å². The van der Waals surface area contributed by atoms with Gasteiger partial charge in [-0.25, -0.2) is 0 Å². The monoisotopic (exact) mass is 247 g/mol. The van der Waals surface area contributed by atoms with Crippen LogP contribution in [0.4, 0.5) is 0 Å². The van der Waals surface area contributed by atoms with Gasteiger partial charge in [-0.2, -0.15) is 0 Å². The lowest BCUT2D eigenvalue weighted by molar-refractivity contribution is 0.175. The van der Waals surface area contributed by atoms with Crippen LogP contribution in [0.3, 0.4) is 0 Å². The van der Waals surface area contributed by atoms with Crippen LogP contribution in [0.2, 0.25) is 0 Å². The van der Waals surface area contributed by atoms with Crippen molar-refractivity contribution in [2.75, 3.05) is 14.2 Å². The van der Waals surface area contributed by atoms with Crippen LogP contribution in [0.15, 0.2) is 24.8 Å². The smallest absolute Gasteiger partial charge is 0.122 e. The predicted octanol–water partition coefficient (Wildman–Crippen LogP) is 0.919. The molecule has 0 heterocycles. The van der Waals surface area contributed by atoms with Crippen LogP contribution < -0.4 is 15.2 Å². The second-order valence-corrected chi connectivity index (χ2v) is 3.92. The van der Waals surface area contributed by atoms with Gasteiger partial charge < -0.3 is 20.3 Å². The molecule has 3 N–H and O–H groups in total. The summed E-state index contributed by atoms with van der Waals surface area (Å²) in [6.07, 6.45) is 1.27. The Balaban J connectivity index is 3.29. The normalized spacial score (nSPS) is 13.8. The van der Waals surface area contributed by atoms with E-state index in [1.165, 1.54) is 0 Å². The lowest BCUT2D eigenvalue weighted by atomic mass is 9.78. The summed E-state index contributed by atoms with van der Waals surface area (Å²) in [5.41, 5.74) is 6.94. The average Bonchev–Trinajstić information content (AvgIpc) is 2.37. The third-order valence-electron chi connectivity index (χ3n) is 2.72. The Morgan fingerprint density at radius 1 is 1.39 bits per heavy atom. The Kier molecular flexibility index (Phi) is 5.25. The van der Waals surface area contributed by atoms with Gasteiger partial charge in [-0.15, -0.1) is 6.58 Å². The molecule has 5 heteroatoms. The molecule has 0 aliphatic heterocycles. The van der Waals surface area contributed by atoms with Crippen molar-refractivity contribution in [3.8, 4) is 11.5 Å². The molecule has 0 aromatic heterocycles. The van der Waals surface area contributed by atoms with E-state index in [0.717, 1.165) is 5.56 Å². The first kappa shape index (κ1) is 14.6. The second kappa shape index (κ2) is 6.47. The van der Waals surface area contributed by atoms with Crippen molar-refractivity contribution in [1.82, 2.24) is 0 Å². The Hall–Kier alpha value is -1.46. The van der Waals surface area contributed by atoms with Crippen LogP contribution in [-0.4, -0.2) is 33.4 Å². The van der Waals surface area contributed by atoms with Gasteiger partial charge in [0.1, 0.15) is 17.7 Å². The molecule has 1 aromatic carbocycles. The Morgan fingerprint density at radius 2 is 2.00 bits per heavy atom. The number of nitrogens with two attached hydrogens (primary N) is 1. The predicted molar refractivity (Wildman–Crippen MR) is 72.1 cm³/mol. The molecule has 96 valence electrons. The van der Waals surface area contributed by atoms with Crippen LogP contribution in [0, 0.1) is 0 Å². The fourth-order valence-electron chi connectivity index (χ4n) is 1.74. The molecule has 4 nitrogen and oxygen atoms in total. The van der Waals surface area contributed by atoms with E-state index in [4.69, 9.17) is 23.1 Å². The van der Waals surface area contributed by atoms with E-state index in [9.17, 15) is 5.11 Å². The molecule has 2 atom stereocenters. The molecule has 1 rings (SSSR count). The van der Waals surface area contributed by atoms with Crippen molar-refractivity contribution < 1.29 is 14.6 Å². The van der Waals surface area contributed by atoms with Gasteiger partial charge in [-0.3, -0.25) is 0 Å². The first-order valence-corrected chi connectivity index (χ1v) is 5.60. The molecule has 0 spiro atoms. The topological polar surface area (TPSA) is 64.7 Å². The Morgan fingerprint density at radius 3 is 2.44 bits per heavy atom. The number of aliphatic hydroxyl groups excluding tert-OH is 1. The summed E-state index contributed by atoms with van der Waals surface area (Å²) in [4.78, 5) is 0. The molecule has 1 aromatic rings. The Bertz CT molecular complexity index is 421. The average molecular weight is 247 g/mol. The van der Waals surface area contributed by atoms with Gasteiger partial charge >= 0.3 is 0 Å². The molecule has 0 fully saturated rings. The quantitative estimate of drug-likeness (QED) is 0.445. The number of ether oxygens (including phenoxy) is 2. The number of rotatable bonds is 6. The SMILES string of the molecule is [B]C(c1cc(OC)c(CC=C)cc1OC)C(N)O. The van der Waals surface area contributed by atoms with Gasteiger partial charge in [0.2, 0.25) is 0 Å². The van der Waals surface area contributed by atoms with Crippen LogP contribution >= 0.6 is 0 Å². The van der Waals surface area contributed by atoms with Gasteiger partial charge in [0.15, 0.2) is 0 Å². The molecular formula is C13H18BNO3. The first-order chi connectivity index (χ1) is 8.54. The van der Waals surface area contributed by atoms with E-state index in [1.54, 1.807) is 26.4 Å². The van der Waals surface area contributed by atoms with Gasteiger partial charge in [0.25, 0.3) is 0 Å². The maximum atomic E-state index is 9.37. The minimum Gasteiger partial charge on any atom is -0.496 e. The summed E-state index contributed by atoms with van der Waals surface area (Å²) in [5, 5.41) is 9.37. The summed E-state index contributed by atoms with van der Waals surface area (Å²) < 4.78 is 10.6. The fourth-order valence-corrected chi connectivity index (χ4v) is 1.74. The molecule has 0 saturated carbocycles. The van der Waals surface area contributed by atoms with Crippen molar-refractivity contribution in [2.45, 2.75) is 18.5 Å². The molecule has 18 heavy (non-hydrogen) atoms. The molecule has 0 amide bonds. The number of methoxy groups -OCH3 is 2. The van der Waals surface area contributed by atoms with Gasteiger partial charge in [0.05, 0.1) is 22.1 Å². The molecule has 2 unspecified atom stereocenters. The minimum absolute atomic E-state index is 0.574. The number of allylic oxidation sites excluding steroid dienone is 1. The highest BCUT2D eigenvalue weighted by Gasteiger charge is 2.19. The molecule has 2 radical (unpaired) electrons. The van der Waals surface area contributed by atoms with Crippen molar-refractivity contribution >= 4 is 7.85 Å². The van der Waals surface area contributed by atoms with Crippen molar-refractivity contribution in [1.29, 1.82) is 0 Å². The molecule has 0 saturated heterocycles. The van der Waals surface area contributed by atoms with Crippen molar-refractivity contribution in [3.63, 3.8) is 0 Å². The number of hydrogen-bond donors (Lipinski definition) is 2. The van der Waals surface area contributed by atoms with E-state index in [0.29, 0.717) is 23.5 Å². The van der Waals surface area contributed by atoms with Crippen LogP contribution in [-0.2, 0) is 6.42 Å². The second-order valence-electron chi connectivity index (χ2n) is 3.92. The minimum atomic E-state index is -1.16. The van der Waals surface area contributed by atoms with Crippen LogP contribution in [0.5, 0.6) is 11.5 Å². The molecule has 0 bridgehead atoms. The van der Waals surface area contributed by atoms with Crippen LogP contribution in [0.1, 0.15) is 16.9 Å². The third-order valence-corrected chi connectivity index (χ3v) is 2.72. The summed E-state index contributed by atoms with van der Waals surface area (Å²) in [7, 11) is 8.94. The van der Waals surface area contributed by atoms with E-state index in [-0.39, 0.29) is 0 Å². The fraction of sp³-hybridized carbons (Fsp3) is 0.385. The summed E-state index contributed by atoms with van der Waals surface area (Å²) in [6, 6.07) is 3.55. The molecular weight excluding hydrogens is 229 g/mol. The third kappa shape index (κ3) is 3.06. The summed E-state index contributed by atoms with van der Waals surface area (Å²) in [6.45, 7) is 3.69. The zero-order chi connectivity index (χ0) is 13.7. The highest BCUT2D eigenvalue weighted by Crippen LogP contribution is 2.33. The van der Waals surface area contributed by atoms with Crippen molar-refractivity contribution in [2.24, 2.45) is 5.73 Å². The van der Waals surface area contributed by atoms with Gasteiger partial charge in [-0.05, 0) is 29.9 Å². The first-order valence-electron chi connectivity index (χ1n) is 5.60.